The molecular formula is C54H68F9N14O4P3. The van der Waals surface area contributed by atoms with Gasteiger partial charge in [-0.3, -0.25) is 0 Å². The van der Waals surface area contributed by atoms with Crippen molar-refractivity contribution in [3.63, 3.8) is 0 Å². The van der Waals surface area contributed by atoms with E-state index >= 15 is 0 Å². The summed E-state index contributed by atoms with van der Waals surface area (Å²) in [6, 6.07) is 20.5. The first-order valence-corrected chi connectivity index (χ1v) is 34.4. The van der Waals surface area contributed by atoms with Crippen LogP contribution in [0.25, 0.3) is 0 Å². The number of piperidine rings is 1. The fraction of sp³-hybridized carbons (Fsp3) is 0.444. The van der Waals surface area contributed by atoms with Gasteiger partial charge in [-0.2, -0.15) is 54.5 Å². The fourth-order valence-corrected chi connectivity index (χ4v) is 11.3. The Labute approximate surface area is 481 Å². The normalized spacial score (nSPS) is 16.9. The van der Waals surface area contributed by atoms with Gasteiger partial charge in [-0.15, -0.1) is 0 Å². The summed E-state index contributed by atoms with van der Waals surface area (Å²) in [7, 11) is -3.20. The molecule has 5 N–H and O–H groups in total. The fourth-order valence-electron chi connectivity index (χ4n) is 8.70. The third kappa shape index (κ3) is 18.8. The first-order valence-electron chi connectivity index (χ1n) is 26.6. The molecule has 9 rings (SSSR count). The van der Waals surface area contributed by atoms with Gasteiger partial charge in [-0.25, -0.2) is 15.0 Å². The molecule has 3 aromatic heterocycles. The number of ether oxygens (including phenoxy) is 1. The zero-order chi connectivity index (χ0) is 61.4. The minimum absolute atomic E-state index is 0.0208. The van der Waals surface area contributed by atoms with E-state index in [-0.39, 0.29) is 41.3 Å². The molecule has 84 heavy (non-hydrogen) atoms. The van der Waals surface area contributed by atoms with Crippen LogP contribution in [0.1, 0.15) is 42.4 Å². The van der Waals surface area contributed by atoms with E-state index in [0.717, 1.165) is 61.6 Å². The Bertz CT molecular complexity index is 3310. The van der Waals surface area contributed by atoms with Gasteiger partial charge < -0.3 is 59.7 Å². The van der Waals surface area contributed by atoms with E-state index in [0.29, 0.717) is 61.6 Å². The number of anilines is 9. The molecule has 3 saturated heterocycles. The quantitative estimate of drug-likeness (QED) is 0.0508. The topological polar surface area (TPSA) is 208 Å². The molecular weight excluding hydrogens is 1170 g/mol. The van der Waals surface area contributed by atoms with E-state index in [9.17, 15) is 53.2 Å². The van der Waals surface area contributed by atoms with Gasteiger partial charge >= 0.3 is 18.5 Å². The molecule has 0 bridgehead atoms. The molecule has 0 spiro atoms. The number of likely N-dealkylation sites (N-methyl/N-ethyl adjacent to an activating group) is 1. The number of aromatic nitrogens is 6. The molecule has 3 fully saturated rings. The van der Waals surface area contributed by atoms with Crippen LogP contribution in [0.4, 0.5) is 91.9 Å². The minimum atomic E-state index is -4.58. The number of hydrogen-bond acceptors (Lipinski definition) is 18. The van der Waals surface area contributed by atoms with Crippen molar-refractivity contribution in [1.82, 2.24) is 39.7 Å². The number of alkyl halides is 9. The van der Waals surface area contributed by atoms with Gasteiger partial charge in [-0.05, 0) is 166 Å². The highest BCUT2D eigenvalue weighted by molar-refractivity contribution is 7.70. The van der Waals surface area contributed by atoms with Crippen LogP contribution in [0.2, 0.25) is 0 Å². The molecule has 30 heteroatoms. The summed E-state index contributed by atoms with van der Waals surface area (Å²) in [5.74, 6) is -0.472. The number of benzene rings is 3. The number of piperazine rings is 1. The van der Waals surface area contributed by atoms with Crippen LogP contribution in [0.15, 0.2) is 91.4 Å². The van der Waals surface area contributed by atoms with Crippen molar-refractivity contribution >= 4 is 89.7 Å². The van der Waals surface area contributed by atoms with Gasteiger partial charge in [-0.1, -0.05) is 0 Å². The molecule has 3 aliphatic heterocycles. The molecule has 0 radical (unpaired) electrons. The van der Waals surface area contributed by atoms with E-state index in [1.54, 1.807) is 118 Å². The molecule has 6 heterocycles. The lowest BCUT2D eigenvalue weighted by Crippen LogP contribution is -2.45. The Morgan fingerprint density at radius 3 is 1.19 bits per heavy atom. The minimum Gasteiger partial charge on any atom is -0.367 e. The molecule has 1 atom stereocenters. The molecule has 1 unspecified atom stereocenters. The van der Waals surface area contributed by atoms with E-state index in [1.807, 2.05) is 14.1 Å². The number of rotatable bonds is 14. The summed E-state index contributed by atoms with van der Waals surface area (Å²) >= 11 is 0. The predicted molar refractivity (Wildman–Crippen MR) is 314 cm³/mol. The Balaban J connectivity index is 0.000000181. The molecule has 0 aliphatic carbocycles. The van der Waals surface area contributed by atoms with Gasteiger partial charge in [0.15, 0.2) is 0 Å². The summed E-state index contributed by atoms with van der Waals surface area (Å²) in [5, 5.41) is 16.5. The van der Waals surface area contributed by atoms with Crippen LogP contribution >= 0.6 is 21.4 Å². The van der Waals surface area contributed by atoms with Crippen LogP contribution in [0.3, 0.4) is 0 Å². The van der Waals surface area contributed by atoms with Crippen molar-refractivity contribution in [1.29, 1.82) is 0 Å². The Morgan fingerprint density at radius 2 is 0.833 bits per heavy atom. The standard InChI is InChI=1S/C19H25F3N5OP.C18H23F3N5OP.C17H20F3N4O2P/c1-27-10-8-14(9-11-27)24-17-16(19(20,21)22)12-23-18(26-17)25-13-4-6-15(7-5-13)29(2,3)28;1-25-8-10-26(11-9-25)16-15(18(19,20)21)12-22-17(24-16)23-13-4-6-14(7-5-13)28(2,3)27;1-27(2,25)12-7-5-11(6-8-12)22-16-21-10-13(17(18,19)20)15(24-16)23-14-4-3-9-26-14/h4-7,12,14H,8-11H2,1-3H3,(H2,23,24,25,26);4-7,12H,8-11H2,1-3H3,(H,22,23,24);5-8,10,14H,3-4,9H2,1-2H3,(H2,21,22,23,24). The average molecular weight is 1240 g/mol. The zero-order valence-electron chi connectivity index (χ0n) is 47.5. The van der Waals surface area contributed by atoms with Crippen molar-refractivity contribution in [3.05, 3.63) is 108 Å². The van der Waals surface area contributed by atoms with Gasteiger partial charge in [0.25, 0.3) is 0 Å². The maximum absolute atomic E-state index is 13.4. The Hall–Kier alpha value is -6.36. The van der Waals surface area contributed by atoms with Gasteiger partial charge in [0, 0.05) is 90.4 Å². The first kappa shape index (κ1) is 65.2. The second-order valence-corrected chi connectivity index (χ2v) is 31.2. The van der Waals surface area contributed by atoms with Crippen molar-refractivity contribution in [2.45, 2.75) is 56.5 Å². The number of hydrogen-bond donors (Lipinski definition) is 5. The summed E-state index contributed by atoms with van der Waals surface area (Å²) in [6.45, 7) is 14.4. The summed E-state index contributed by atoms with van der Waals surface area (Å²) in [5.41, 5.74) is -0.869. The molecule has 3 aromatic carbocycles. The third-order valence-corrected chi connectivity index (χ3v) is 18.2. The van der Waals surface area contributed by atoms with Crippen LogP contribution in [-0.4, -0.2) is 152 Å². The van der Waals surface area contributed by atoms with E-state index < -0.39 is 62.9 Å². The lowest BCUT2D eigenvalue weighted by Gasteiger charge is -2.34. The van der Waals surface area contributed by atoms with Gasteiger partial charge in [0.2, 0.25) is 17.8 Å². The highest BCUT2D eigenvalue weighted by Gasteiger charge is 2.39. The molecule has 18 nitrogen and oxygen atoms in total. The van der Waals surface area contributed by atoms with Crippen LogP contribution in [-0.2, 0) is 37.0 Å². The van der Waals surface area contributed by atoms with Crippen molar-refractivity contribution in [2.75, 3.05) is 131 Å². The monoisotopic (exact) mass is 1240 g/mol. The van der Waals surface area contributed by atoms with Crippen LogP contribution in [0, 0.1) is 0 Å². The van der Waals surface area contributed by atoms with Crippen LogP contribution in [0.5, 0.6) is 0 Å². The Kier molecular flexibility index (Phi) is 20.9. The third-order valence-electron chi connectivity index (χ3n) is 13.6. The first-order chi connectivity index (χ1) is 39.2. The van der Waals surface area contributed by atoms with E-state index in [1.165, 1.54) is 0 Å². The highest BCUT2D eigenvalue weighted by Crippen LogP contribution is 2.40. The summed E-state index contributed by atoms with van der Waals surface area (Å²) in [4.78, 5) is 29.5. The average Bonchev–Trinajstić information content (AvgIpc) is 3.02. The van der Waals surface area contributed by atoms with Crippen molar-refractivity contribution in [3.8, 4) is 0 Å². The summed E-state index contributed by atoms with van der Waals surface area (Å²) in [6.07, 6.45) is -8.91. The lowest BCUT2D eigenvalue weighted by atomic mass is 10.1. The number of halogens is 9. The molecule has 0 amide bonds. The lowest BCUT2D eigenvalue weighted by molar-refractivity contribution is -0.138. The molecule has 456 valence electrons. The van der Waals surface area contributed by atoms with Crippen molar-refractivity contribution in [2.24, 2.45) is 0 Å². The van der Waals surface area contributed by atoms with Crippen LogP contribution < -0.4 is 47.4 Å². The number of likely N-dealkylation sites (tertiary alicyclic amines) is 1. The maximum atomic E-state index is 13.4. The maximum Gasteiger partial charge on any atom is 0.421 e. The molecule has 0 saturated carbocycles. The number of nitrogens with zero attached hydrogens (tertiary/aromatic N) is 9. The SMILES string of the molecule is CN1CCC(Nc2nc(Nc3ccc(P(C)(C)=O)cc3)ncc2C(F)(F)F)CC1.CN1CCN(c2nc(Nc3ccc(P(C)(C)=O)cc3)ncc2C(F)(F)F)CC1.CP(C)(=O)c1ccc(Nc2ncc(C(F)(F)F)c(NC3CCCO3)n2)cc1. The number of nitrogens with one attached hydrogen (secondary N) is 5. The summed E-state index contributed by atoms with van der Waals surface area (Å²) < 4.78 is 162. The van der Waals surface area contributed by atoms with Gasteiger partial charge in [0.1, 0.15) is 61.8 Å². The largest absolute Gasteiger partial charge is 0.421 e. The van der Waals surface area contributed by atoms with E-state index in [4.69, 9.17) is 4.74 Å². The highest BCUT2D eigenvalue weighted by atomic mass is 31.2. The smallest absolute Gasteiger partial charge is 0.367 e. The van der Waals surface area contributed by atoms with Gasteiger partial charge in [0.05, 0.1) is 0 Å². The molecule has 3 aliphatic rings. The van der Waals surface area contributed by atoms with Crippen molar-refractivity contribution < 1.29 is 57.9 Å². The van der Waals surface area contributed by atoms with E-state index in [2.05, 4.69) is 66.3 Å². The predicted octanol–water partition coefficient (Wildman–Crippen LogP) is 11.3. The zero-order valence-corrected chi connectivity index (χ0v) is 50.2. The second-order valence-electron chi connectivity index (χ2n) is 21.6. The molecule has 6 aromatic rings. The second kappa shape index (κ2) is 26.9. The Morgan fingerprint density at radius 1 is 0.476 bits per heavy atom.